The molecule has 1 aliphatic heterocycles. The molecule has 2 aromatic rings. The molecular formula is C13H14BrClN2O. The van der Waals surface area contributed by atoms with Gasteiger partial charge in [0.05, 0.1) is 29.1 Å². The zero-order valence-electron chi connectivity index (χ0n) is 10.1. The smallest absolute Gasteiger partial charge is 0.128 e. The first kappa shape index (κ1) is 12.5. The normalized spacial score (nSPS) is 21.6. The van der Waals surface area contributed by atoms with E-state index in [0.29, 0.717) is 6.04 Å². The molecule has 0 radical (unpaired) electrons. The Kier molecular flexibility index (Phi) is 3.34. The second kappa shape index (κ2) is 4.83. The molecule has 18 heavy (non-hydrogen) atoms. The van der Waals surface area contributed by atoms with Crippen molar-refractivity contribution in [1.29, 1.82) is 0 Å². The number of ether oxygens (including phenoxy) is 1. The molecule has 0 saturated carbocycles. The molecule has 3 nitrogen and oxygen atoms in total. The summed E-state index contributed by atoms with van der Waals surface area (Å²) in [6, 6.07) is 6.52. The minimum atomic E-state index is -0.100. The van der Waals surface area contributed by atoms with E-state index < -0.39 is 0 Å². The number of hydrogen-bond donors (Lipinski definition) is 0. The highest BCUT2D eigenvalue weighted by molar-refractivity contribution is 9.10. The third-order valence-corrected chi connectivity index (χ3v) is 3.99. The van der Waals surface area contributed by atoms with Crippen molar-refractivity contribution in [3.05, 3.63) is 28.5 Å². The Morgan fingerprint density at radius 2 is 2.39 bits per heavy atom. The average molecular weight is 330 g/mol. The van der Waals surface area contributed by atoms with Gasteiger partial charge in [0.25, 0.3) is 0 Å². The first-order chi connectivity index (χ1) is 8.66. The lowest BCUT2D eigenvalue weighted by molar-refractivity contribution is 0.186. The second-order valence-electron chi connectivity index (χ2n) is 4.61. The van der Waals surface area contributed by atoms with E-state index in [1.54, 1.807) is 0 Å². The number of benzene rings is 1. The molecule has 1 fully saturated rings. The summed E-state index contributed by atoms with van der Waals surface area (Å²) in [5, 5.41) is -0.100. The molecule has 2 unspecified atom stereocenters. The number of rotatable bonds is 2. The van der Waals surface area contributed by atoms with Crippen LogP contribution in [0, 0.1) is 0 Å². The first-order valence-corrected chi connectivity index (χ1v) is 7.29. The molecule has 0 aliphatic carbocycles. The van der Waals surface area contributed by atoms with E-state index >= 15 is 0 Å². The molecule has 1 saturated heterocycles. The van der Waals surface area contributed by atoms with Crippen LogP contribution in [0.4, 0.5) is 0 Å². The van der Waals surface area contributed by atoms with E-state index in [4.69, 9.17) is 16.3 Å². The van der Waals surface area contributed by atoms with Crippen LogP contribution in [-0.2, 0) is 4.74 Å². The predicted molar refractivity (Wildman–Crippen MR) is 76.2 cm³/mol. The van der Waals surface area contributed by atoms with Gasteiger partial charge >= 0.3 is 0 Å². The Morgan fingerprint density at radius 3 is 3.06 bits per heavy atom. The van der Waals surface area contributed by atoms with Crippen molar-refractivity contribution in [3.8, 4) is 0 Å². The van der Waals surface area contributed by atoms with Gasteiger partial charge in [0.15, 0.2) is 0 Å². The quantitative estimate of drug-likeness (QED) is 0.777. The Balaban J connectivity index is 2.21. The Morgan fingerprint density at radius 1 is 1.56 bits per heavy atom. The lowest BCUT2D eigenvalue weighted by Crippen LogP contribution is -2.12. The molecule has 0 N–H and O–H groups in total. The van der Waals surface area contributed by atoms with E-state index in [2.05, 4.69) is 31.5 Å². The fraction of sp³-hybridized carbons (Fsp3) is 0.462. The number of aromatic nitrogens is 2. The number of halogens is 2. The summed E-state index contributed by atoms with van der Waals surface area (Å²) in [5.74, 6) is 0.931. The lowest BCUT2D eigenvalue weighted by atomic mass is 10.2. The largest absolute Gasteiger partial charge is 0.379 e. The summed E-state index contributed by atoms with van der Waals surface area (Å²) in [6.07, 6.45) is 1.03. The number of alkyl halides is 1. The van der Waals surface area contributed by atoms with Gasteiger partial charge in [-0.15, -0.1) is 11.6 Å². The van der Waals surface area contributed by atoms with Crippen LogP contribution in [0.15, 0.2) is 22.7 Å². The highest BCUT2D eigenvalue weighted by atomic mass is 79.9. The van der Waals surface area contributed by atoms with Crippen LogP contribution in [0.1, 0.15) is 30.6 Å². The Bertz CT molecular complexity index is 576. The molecule has 3 rings (SSSR count). The van der Waals surface area contributed by atoms with Crippen LogP contribution < -0.4 is 0 Å². The van der Waals surface area contributed by atoms with Crippen molar-refractivity contribution in [2.24, 2.45) is 0 Å². The number of hydrogen-bond acceptors (Lipinski definition) is 2. The summed E-state index contributed by atoms with van der Waals surface area (Å²) >= 11 is 9.74. The molecule has 0 bridgehead atoms. The average Bonchev–Trinajstić information content (AvgIpc) is 2.92. The SMILES string of the molecule is CC(Cl)c1nc2cc(Br)ccc2n1C1CCOC1. The highest BCUT2D eigenvalue weighted by Gasteiger charge is 2.24. The van der Waals surface area contributed by atoms with Crippen LogP contribution in [0.3, 0.4) is 0 Å². The van der Waals surface area contributed by atoms with Gasteiger partial charge in [0.1, 0.15) is 5.82 Å². The molecule has 0 spiro atoms. The fourth-order valence-electron chi connectivity index (χ4n) is 2.48. The molecule has 0 amide bonds. The van der Waals surface area contributed by atoms with Crippen molar-refractivity contribution in [1.82, 2.24) is 9.55 Å². The maximum atomic E-state index is 6.26. The standard InChI is InChI=1S/C13H14BrClN2O/c1-8(15)13-16-11-6-9(14)2-3-12(11)17(13)10-4-5-18-7-10/h2-3,6,8,10H,4-5,7H2,1H3. The number of imidazole rings is 1. The third kappa shape index (κ3) is 2.06. The van der Waals surface area contributed by atoms with Gasteiger partial charge in [-0.3, -0.25) is 0 Å². The Labute approximate surface area is 119 Å². The zero-order valence-corrected chi connectivity index (χ0v) is 12.4. The van der Waals surface area contributed by atoms with E-state index in [1.807, 2.05) is 19.1 Å². The van der Waals surface area contributed by atoms with Gasteiger partial charge in [-0.1, -0.05) is 15.9 Å². The maximum Gasteiger partial charge on any atom is 0.128 e. The fourth-order valence-corrected chi connectivity index (χ4v) is 2.98. The number of nitrogens with zero attached hydrogens (tertiary/aromatic N) is 2. The Hall–Kier alpha value is -0.580. The minimum Gasteiger partial charge on any atom is -0.379 e. The number of fused-ring (bicyclic) bond motifs is 1. The van der Waals surface area contributed by atoms with Crippen molar-refractivity contribution in [3.63, 3.8) is 0 Å². The zero-order chi connectivity index (χ0) is 12.7. The van der Waals surface area contributed by atoms with Crippen LogP contribution in [-0.4, -0.2) is 22.8 Å². The van der Waals surface area contributed by atoms with Gasteiger partial charge in [0, 0.05) is 11.1 Å². The second-order valence-corrected chi connectivity index (χ2v) is 6.18. The first-order valence-electron chi connectivity index (χ1n) is 6.06. The molecule has 1 aromatic carbocycles. The third-order valence-electron chi connectivity index (χ3n) is 3.31. The van der Waals surface area contributed by atoms with Crippen molar-refractivity contribution < 1.29 is 4.74 Å². The molecule has 1 aliphatic rings. The topological polar surface area (TPSA) is 27.1 Å². The maximum absolute atomic E-state index is 6.26. The van der Waals surface area contributed by atoms with E-state index in [0.717, 1.165) is 41.0 Å². The van der Waals surface area contributed by atoms with Crippen LogP contribution in [0.25, 0.3) is 11.0 Å². The lowest BCUT2D eigenvalue weighted by Gasteiger charge is -2.16. The van der Waals surface area contributed by atoms with E-state index in [-0.39, 0.29) is 5.38 Å². The molecule has 2 atom stereocenters. The van der Waals surface area contributed by atoms with Gasteiger partial charge in [-0.25, -0.2) is 4.98 Å². The monoisotopic (exact) mass is 328 g/mol. The molecule has 5 heteroatoms. The van der Waals surface area contributed by atoms with E-state index in [9.17, 15) is 0 Å². The molecular weight excluding hydrogens is 316 g/mol. The van der Waals surface area contributed by atoms with Crippen LogP contribution >= 0.6 is 27.5 Å². The molecule has 96 valence electrons. The highest BCUT2D eigenvalue weighted by Crippen LogP contribution is 2.32. The van der Waals surface area contributed by atoms with Gasteiger partial charge in [0.2, 0.25) is 0 Å². The van der Waals surface area contributed by atoms with E-state index in [1.165, 1.54) is 0 Å². The van der Waals surface area contributed by atoms with Crippen molar-refractivity contribution in [2.75, 3.05) is 13.2 Å². The van der Waals surface area contributed by atoms with Gasteiger partial charge in [-0.05, 0) is 31.5 Å². The van der Waals surface area contributed by atoms with Gasteiger partial charge < -0.3 is 9.30 Å². The van der Waals surface area contributed by atoms with Crippen molar-refractivity contribution >= 4 is 38.6 Å². The van der Waals surface area contributed by atoms with Crippen LogP contribution in [0.5, 0.6) is 0 Å². The summed E-state index contributed by atoms with van der Waals surface area (Å²) in [5.41, 5.74) is 2.12. The molecule has 2 heterocycles. The molecule has 1 aromatic heterocycles. The van der Waals surface area contributed by atoms with Gasteiger partial charge in [-0.2, -0.15) is 0 Å². The summed E-state index contributed by atoms with van der Waals surface area (Å²) < 4.78 is 8.77. The predicted octanol–water partition coefficient (Wildman–Crippen LogP) is 4.06. The van der Waals surface area contributed by atoms with Crippen LogP contribution in [0.2, 0.25) is 0 Å². The summed E-state index contributed by atoms with van der Waals surface area (Å²) in [4.78, 5) is 4.66. The minimum absolute atomic E-state index is 0.100. The summed E-state index contributed by atoms with van der Waals surface area (Å²) in [6.45, 7) is 3.53. The van der Waals surface area contributed by atoms with Crippen molar-refractivity contribution in [2.45, 2.75) is 24.8 Å². The summed E-state index contributed by atoms with van der Waals surface area (Å²) in [7, 11) is 0.